The van der Waals surface area contributed by atoms with Gasteiger partial charge in [-0.1, -0.05) is 25.1 Å². The summed E-state index contributed by atoms with van der Waals surface area (Å²) in [6, 6.07) is 8.41. The van der Waals surface area contributed by atoms with Crippen LogP contribution in [-0.4, -0.2) is 61.4 Å². The van der Waals surface area contributed by atoms with Crippen molar-refractivity contribution in [1.29, 1.82) is 0 Å². The highest BCUT2D eigenvalue weighted by molar-refractivity contribution is 5.75. The molecule has 1 amide bonds. The lowest BCUT2D eigenvalue weighted by Crippen LogP contribution is -2.48. The van der Waals surface area contributed by atoms with Crippen LogP contribution in [0.3, 0.4) is 0 Å². The van der Waals surface area contributed by atoms with Crippen molar-refractivity contribution < 1.29 is 19.0 Å². The molecule has 2 heterocycles. The Hall–Kier alpha value is -2.77. The molecule has 1 saturated heterocycles. The smallest absolute Gasteiger partial charge is 0.348 e. The number of allylic oxidation sites excluding steroid dienone is 2. The average molecular weight is 480 g/mol. The molecule has 0 bridgehead atoms. The number of hydrogen-bond donors (Lipinski definition) is 0. The van der Waals surface area contributed by atoms with Gasteiger partial charge in [0.15, 0.2) is 0 Å². The van der Waals surface area contributed by atoms with E-state index in [9.17, 15) is 4.79 Å². The second-order valence-corrected chi connectivity index (χ2v) is 10.1. The summed E-state index contributed by atoms with van der Waals surface area (Å²) in [6.07, 6.45) is 11.8. The molecule has 1 aliphatic heterocycles. The van der Waals surface area contributed by atoms with Crippen LogP contribution in [0.2, 0.25) is 0 Å². The summed E-state index contributed by atoms with van der Waals surface area (Å²) < 4.78 is 6.10. The van der Waals surface area contributed by atoms with Crippen molar-refractivity contribution in [2.75, 3.05) is 45.8 Å². The van der Waals surface area contributed by atoms with Crippen LogP contribution >= 0.6 is 0 Å². The fourth-order valence-electron chi connectivity index (χ4n) is 4.82. The lowest BCUT2D eigenvalue weighted by Gasteiger charge is -2.31. The van der Waals surface area contributed by atoms with Gasteiger partial charge in [-0.2, -0.15) is 4.84 Å². The molecule has 7 heteroatoms. The third kappa shape index (κ3) is 6.27. The van der Waals surface area contributed by atoms with Crippen LogP contribution in [0.5, 0.6) is 5.75 Å². The highest BCUT2D eigenvalue weighted by atomic mass is 16.7. The van der Waals surface area contributed by atoms with Gasteiger partial charge in [-0.15, -0.1) is 4.65 Å². The summed E-state index contributed by atoms with van der Waals surface area (Å²) in [6.45, 7) is 4.80. The number of piperidine rings is 1. The number of hydroxylamine groups is 3. The van der Waals surface area contributed by atoms with Gasteiger partial charge in [0.1, 0.15) is 19.8 Å². The van der Waals surface area contributed by atoms with E-state index in [1.165, 1.54) is 16.7 Å². The van der Waals surface area contributed by atoms with Gasteiger partial charge in [0.2, 0.25) is 5.95 Å². The van der Waals surface area contributed by atoms with E-state index in [4.69, 9.17) is 9.57 Å². The van der Waals surface area contributed by atoms with Crippen LogP contribution in [0.1, 0.15) is 50.2 Å². The summed E-state index contributed by atoms with van der Waals surface area (Å²) in [4.78, 5) is 29.3. The summed E-state index contributed by atoms with van der Waals surface area (Å²) in [5.74, 6) is 2.46. The number of quaternary nitrogens is 1. The molecule has 1 fully saturated rings. The number of nitrogens with zero attached hydrogens (tertiary/aromatic N) is 4. The molecular formula is C28H39N4O3+. The monoisotopic (exact) mass is 479 g/mol. The molecule has 7 nitrogen and oxygen atoms in total. The first-order valence-corrected chi connectivity index (χ1v) is 12.8. The second kappa shape index (κ2) is 11.3. The first-order valence-electron chi connectivity index (χ1n) is 12.8. The number of anilines is 1. The zero-order valence-corrected chi connectivity index (χ0v) is 21.6. The molecule has 1 atom stereocenters. The lowest BCUT2D eigenvalue weighted by atomic mass is 9.86. The molecule has 0 N–H and O–H groups in total. The summed E-state index contributed by atoms with van der Waals surface area (Å²) in [5.41, 5.74) is 3.70. The number of carbonyl (C=O) groups is 1. The number of carbonyl (C=O) groups excluding carboxylic acids is 1. The highest BCUT2D eigenvalue weighted by Gasteiger charge is 2.36. The van der Waals surface area contributed by atoms with Crippen LogP contribution < -0.4 is 9.64 Å². The van der Waals surface area contributed by atoms with Gasteiger partial charge in [0.05, 0.1) is 19.6 Å². The SMILES string of the molecule is CCc1cnc(N2CCC(COc3ccc(C4=CCC(C(=O)[N+](C)(C)OC)CC4)cc3)CC2)nc1. The molecule has 0 radical (unpaired) electrons. The van der Waals surface area contributed by atoms with Gasteiger partial charge in [-0.05, 0) is 73.3 Å². The predicted molar refractivity (Wildman–Crippen MR) is 138 cm³/mol. The molecule has 2 aliphatic rings. The normalized spacial score (nSPS) is 19.4. The summed E-state index contributed by atoms with van der Waals surface area (Å²) in [5, 5.41) is 0. The van der Waals surface area contributed by atoms with E-state index in [0.717, 1.165) is 69.9 Å². The van der Waals surface area contributed by atoms with E-state index >= 15 is 0 Å². The van der Waals surface area contributed by atoms with Crippen LogP contribution in [0.25, 0.3) is 5.57 Å². The Morgan fingerprint density at radius 3 is 2.34 bits per heavy atom. The lowest BCUT2D eigenvalue weighted by molar-refractivity contribution is -1.01. The van der Waals surface area contributed by atoms with E-state index in [-0.39, 0.29) is 16.5 Å². The molecule has 0 spiro atoms. The topological polar surface area (TPSA) is 64.6 Å². The Labute approximate surface area is 209 Å². The van der Waals surface area contributed by atoms with Gasteiger partial charge >= 0.3 is 5.91 Å². The Morgan fingerprint density at radius 2 is 1.77 bits per heavy atom. The van der Waals surface area contributed by atoms with E-state index < -0.39 is 0 Å². The first kappa shape index (κ1) is 25.3. The number of benzene rings is 1. The fraction of sp³-hybridized carbons (Fsp3) is 0.536. The number of rotatable bonds is 8. The fourth-order valence-corrected chi connectivity index (χ4v) is 4.82. The number of hydrogen-bond acceptors (Lipinski definition) is 6. The van der Waals surface area contributed by atoms with Crippen molar-refractivity contribution in [3.05, 3.63) is 53.9 Å². The standard InChI is InChI=1S/C28H39N4O3/c1-5-21-18-29-28(30-19-21)31-16-14-22(15-17-31)20-35-26-12-10-24(11-13-26)23-6-8-25(9-7-23)27(33)32(2,3)34-4/h6,10-13,18-19,22,25H,5,7-9,14-17,20H2,1-4H3/q+1. The summed E-state index contributed by atoms with van der Waals surface area (Å²) in [7, 11) is 5.17. The van der Waals surface area contributed by atoms with Gasteiger partial charge in [0, 0.05) is 25.5 Å². The van der Waals surface area contributed by atoms with Crippen molar-refractivity contribution in [2.45, 2.75) is 45.4 Å². The Bertz CT molecular complexity index is 1010. The zero-order chi connectivity index (χ0) is 24.8. The van der Waals surface area contributed by atoms with Gasteiger partial charge in [-0.3, -0.25) is 0 Å². The van der Waals surface area contributed by atoms with Gasteiger partial charge in [0.25, 0.3) is 0 Å². The predicted octanol–water partition coefficient (Wildman–Crippen LogP) is 4.68. The van der Waals surface area contributed by atoms with Crippen molar-refractivity contribution in [2.24, 2.45) is 11.8 Å². The summed E-state index contributed by atoms with van der Waals surface area (Å²) >= 11 is 0. The Balaban J connectivity index is 1.23. The van der Waals surface area contributed by atoms with Crippen LogP contribution in [0.4, 0.5) is 5.95 Å². The minimum Gasteiger partial charge on any atom is -0.493 e. The molecule has 2 aromatic rings. The van der Waals surface area contributed by atoms with E-state index in [2.05, 4.69) is 52.1 Å². The van der Waals surface area contributed by atoms with Crippen LogP contribution in [0, 0.1) is 11.8 Å². The molecule has 1 aromatic carbocycles. The van der Waals surface area contributed by atoms with Gasteiger partial charge in [-0.25, -0.2) is 14.8 Å². The number of ether oxygens (including phenoxy) is 1. The molecular weight excluding hydrogens is 440 g/mol. The Kier molecular flexibility index (Phi) is 8.19. The molecule has 4 rings (SSSR count). The van der Waals surface area contributed by atoms with Gasteiger partial charge < -0.3 is 9.64 Å². The molecule has 1 unspecified atom stereocenters. The maximum atomic E-state index is 12.6. The maximum absolute atomic E-state index is 12.6. The largest absolute Gasteiger partial charge is 0.493 e. The number of amides is 1. The van der Waals surface area contributed by atoms with E-state index in [1.54, 1.807) is 21.2 Å². The zero-order valence-electron chi connectivity index (χ0n) is 21.6. The van der Waals surface area contributed by atoms with Crippen molar-refractivity contribution in [3.8, 4) is 5.75 Å². The van der Waals surface area contributed by atoms with Crippen molar-refractivity contribution in [3.63, 3.8) is 0 Å². The maximum Gasteiger partial charge on any atom is 0.348 e. The number of aromatic nitrogens is 2. The van der Waals surface area contributed by atoms with Crippen LogP contribution in [-0.2, 0) is 16.1 Å². The molecule has 35 heavy (non-hydrogen) atoms. The first-order chi connectivity index (χ1) is 16.9. The highest BCUT2D eigenvalue weighted by Crippen LogP contribution is 2.33. The third-order valence-corrected chi connectivity index (χ3v) is 7.46. The van der Waals surface area contributed by atoms with E-state index in [0.29, 0.717) is 5.92 Å². The average Bonchev–Trinajstić information content (AvgIpc) is 2.92. The minimum atomic E-state index is -0.0290. The second-order valence-electron chi connectivity index (χ2n) is 10.1. The van der Waals surface area contributed by atoms with Crippen molar-refractivity contribution in [1.82, 2.24) is 9.97 Å². The molecule has 1 aliphatic carbocycles. The number of aryl methyl sites for hydroxylation is 1. The molecule has 1 aromatic heterocycles. The minimum absolute atomic E-state index is 0.0185. The third-order valence-electron chi connectivity index (χ3n) is 7.46. The molecule has 0 saturated carbocycles. The van der Waals surface area contributed by atoms with Crippen LogP contribution in [0.15, 0.2) is 42.7 Å². The van der Waals surface area contributed by atoms with E-state index in [1.807, 2.05) is 12.4 Å². The molecule has 188 valence electrons. The van der Waals surface area contributed by atoms with Crippen molar-refractivity contribution >= 4 is 17.4 Å². The quantitative estimate of drug-likeness (QED) is 0.405. The Morgan fingerprint density at radius 1 is 1.09 bits per heavy atom.